The van der Waals surface area contributed by atoms with E-state index in [9.17, 15) is 0 Å². The van der Waals surface area contributed by atoms with Gasteiger partial charge in [-0.05, 0) is 55.5 Å². The maximum Gasteiger partial charge on any atom is 0.220 e. The van der Waals surface area contributed by atoms with Crippen molar-refractivity contribution in [2.75, 3.05) is 0 Å². The largest absolute Gasteiger partial charge is 0.225 e. The van der Waals surface area contributed by atoms with Crippen LogP contribution in [0.4, 0.5) is 0 Å². The van der Waals surface area contributed by atoms with Crippen LogP contribution in [0.1, 0.15) is 16.7 Å². The van der Waals surface area contributed by atoms with Gasteiger partial charge in [-0.25, -0.2) is 19.5 Å². The first kappa shape index (κ1) is 16.3. The number of hydrogen-bond acceptors (Lipinski definition) is 3. The molecule has 0 radical (unpaired) electrons. The summed E-state index contributed by atoms with van der Waals surface area (Å²) in [5.41, 5.74) is 7.43. The zero-order valence-corrected chi connectivity index (χ0v) is 15.5. The molecule has 4 nitrogen and oxygen atoms in total. The van der Waals surface area contributed by atoms with E-state index in [0.717, 1.165) is 5.56 Å². The van der Waals surface area contributed by atoms with Crippen LogP contribution in [-0.4, -0.2) is 15.0 Å². The predicted molar refractivity (Wildman–Crippen MR) is 104 cm³/mol. The number of benzene rings is 2. The van der Waals surface area contributed by atoms with Gasteiger partial charge in [0.25, 0.3) is 0 Å². The van der Waals surface area contributed by atoms with Crippen LogP contribution in [0, 0.1) is 20.8 Å². The Bertz CT molecular complexity index is 1120. The lowest BCUT2D eigenvalue weighted by molar-refractivity contribution is -0.659. The minimum Gasteiger partial charge on any atom is -0.225 e. The van der Waals surface area contributed by atoms with Crippen LogP contribution >= 0.6 is 0 Å². The molecule has 2 aromatic heterocycles. The molecule has 0 aliphatic rings. The average Bonchev–Trinajstić information content (AvgIpc) is 2.65. The summed E-state index contributed by atoms with van der Waals surface area (Å²) < 4.78 is 2.20. The number of nitrogens with zero attached hydrogens (tertiary/aromatic N) is 4. The summed E-state index contributed by atoms with van der Waals surface area (Å²) in [7, 11) is 2.10. The molecule has 2 aromatic carbocycles. The van der Waals surface area contributed by atoms with E-state index in [0.29, 0.717) is 5.82 Å². The van der Waals surface area contributed by atoms with E-state index in [1.54, 1.807) is 0 Å². The third kappa shape index (κ3) is 2.73. The minimum atomic E-state index is 0.694. The summed E-state index contributed by atoms with van der Waals surface area (Å²) in [4.78, 5) is 12.4. The fourth-order valence-electron chi connectivity index (χ4n) is 3.52. The van der Waals surface area contributed by atoms with Crippen molar-refractivity contribution >= 4 is 10.8 Å². The van der Waals surface area contributed by atoms with Crippen LogP contribution in [0.3, 0.4) is 0 Å². The van der Waals surface area contributed by atoms with Gasteiger partial charge in [0.1, 0.15) is 19.7 Å². The predicted octanol–water partition coefficient (Wildman–Crippen LogP) is 4.11. The molecule has 0 amide bonds. The van der Waals surface area contributed by atoms with Gasteiger partial charge in [-0.15, -0.1) is 0 Å². The minimum absolute atomic E-state index is 0.694. The highest BCUT2D eigenvalue weighted by atomic mass is 15.0. The van der Waals surface area contributed by atoms with Gasteiger partial charge >= 0.3 is 0 Å². The van der Waals surface area contributed by atoms with Crippen LogP contribution in [-0.2, 0) is 7.05 Å². The van der Waals surface area contributed by atoms with Crippen LogP contribution < -0.4 is 4.57 Å². The smallest absolute Gasteiger partial charge is 0.220 e. The van der Waals surface area contributed by atoms with E-state index in [-0.39, 0.29) is 0 Å². The highest BCUT2D eigenvalue weighted by Gasteiger charge is 2.19. The Balaban J connectivity index is 1.98. The first-order valence-electron chi connectivity index (χ1n) is 8.67. The third-order valence-corrected chi connectivity index (χ3v) is 4.96. The molecule has 0 bridgehead atoms. The van der Waals surface area contributed by atoms with Crippen molar-refractivity contribution < 1.29 is 4.57 Å². The Morgan fingerprint density at radius 3 is 2.42 bits per heavy atom. The lowest BCUT2D eigenvalue weighted by Crippen LogP contribution is -2.30. The molecule has 2 heterocycles. The first-order valence-corrected chi connectivity index (χ1v) is 8.67. The second kappa shape index (κ2) is 6.30. The second-order valence-corrected chi connectivity index (χ2v) is 6.79. The molecule has 0 unspecified atom stereocenters. The topological polar surface area (TPSA) is 42.6 Å². The zero-order chi connectivity index (χ0) is 18.3. The molecule has 26 heavy (non-hydrogen) atoms. The van der Waals surface area contributed by atoms with Crippen LogP contribution in [0.2, 0.25) is 0 Å². The van der Waals surface area contributed by atoms with E-state index in [1.165, 1.54) is 51.4 Å². The van der Waals surface area contributed by atoms with Gasteiger partial charge in [0.15, 0.2) is 12.0 Å². The van der Waals surface area contributed by atoms with E-state index in [2.05, 4.69) is 89.9 Å². The van der Waals surface area contributed by atoms with Gasteiger partial charge in [-0.1, -0.05) is 17.7 Å². The Kier molecular flexibility index (Phi) is 3.96. The lowest BCUT2D eigenvalue weighted by Gasteiger charge is -2.12. The number of aryl methyl sites for hydroxylation is 3. The lowest BCUT2D eigenvalue weighted by atomic mass is 9.94. The number of pyridine rings is 1. The number of rotatable bonds is 2. The van der Waals surface area contributed by atoms with Crippen molar-refractivity contribution in [2.24, 2.45) is 7.05 Å². The van der Waals surface area contributed by atoms with Crippen molar-refractivity contribution in [3.63, 3.8) is 0 Å². The Labute approximate surface area is 153 Å². The Morgan fingerprint density at radius 1 is 0.885 bits per heavy atom. The Hall–Kier alpha value is -3.14. The highest BCUT2D eigenvalue weighted by Crippen LogP contribution is 2.31. The van der Waals surface area contributed by atoms with Crippen LogP contribution in [0.25, 0.3) is 33.4 Å². The second-order valence-electron chi connectivity index (χ2n) is 6.79. The van der Waals surface area contributed by atoms with Crippen molar-refractivity contribution in [3.8, 4) is 22.6 Å². The van der Waals surface area contributed by atoms with Crippen LogP contribution in [0.15, 0.2) is 55.2 Å². The van der Waals surface area contributed by atoms with Gasteiger partial charge in [-0.3, -0.25) is 0 Å². The molecule has 4 heteroatoms. The van der Waals surface area contributed by atoms with Crippen molar-refractivity contribution in [2.45, 2.75) is 20.8 Å². The van der Waals surface area contributed by atoms with Crippen molar-refractivity contribution in [1.29, 1.82) is 0 Å². The molecular weight excluding hydrogens is 320 g/mol. The fourth-order valence-corrected chi connectivity index (χ4v) is 3.52. The maximum absolute atomic E-state index is 4.26. The van der Waals surface area contributed by atoms with Crippen molar-refractivity contribution in [1.82, 2.24) is 15.0 Å². The molecule has 0 spiro atoms. The SMILES string of the molecule is Cc1cc(C)c(C)c(-c2c3ccc(-c4ncncn4)cc3cc[n+]2C)c1. The average molecular weight is 341 g/mol. The molecule has 0 saturated heterocycles. The molecule has 128 valence electrons. The van der Waals surface area contributed by atoms with E-state index in [1.807, 2.05) is 0 Å². The zero-order valence-electron chi connectivity index (χ0n) is 15.5. The monoisotopic (exact) mass is 341 g/mol. The quantitative estimate of drug-likeness (QED) is 0.515. The molecule has 0 aliphatic carbocycles. The van der Waals surface area contributed by atoms with Gasteiger partial charge in [0, 0.05) is 11.6 Å². The number of aromatic nitrogens is 4. The molecule has 0 aliphatic heterocycles. The molecule has 4 rings (SSSR count). The summed E-state index contributed by atoms with van der Waals surface area (Å²) in [6.45, 7) is 6.53. The summed E-state index contributed by atoms with van der Waals surface area (Å²) in [5, 5.41) is 2.40. The van der Waals surface area contributed by atoms with Gasteiger partial charge in [0.05, 0.1) is 10.9 Å². The molecule has 4 aromatic rings. The van der Waals surface area contributed by atoms with E-state index >= 15 is 0 Å². The highest BCUT2D eigenvalue weighted by molar-refractivity contribution is 5.95. The van der Waals surface area contributed by atoms with Gasteiger partial charge < -0.3 is 0 Å². The summed E-state index contributed by atoms with van der Waals surface area (Å²) >= 11 is 0. The fraction of sp³-hybridized carbons (Fsp3) is 0.182. The third-order valence-electron chi connectivity index (χ3n) is 4.96. The molecular formula is C22H21N4+. The normalized spacial score (nSPS) is 11.1. The maximum atomic E-state index is 4.26. The summed E-state index contributed by atoms with van der Waals surface area (Å²) in [5.74, 6) is 0.694. The van der Waals surface area contributed by atoms with E-state index in [4.69, 9.17) is 0 Å². The van der Waals surface area contributed by atoms with Crippen molar-refractivity contribution in [3.05, 3.63) is 71.9 Å². The molecule has 0 atom stereocenters. The summed E-state index contributed by atoms with van der Waals surface area (Å²) in [6, 6.07) is 13.0. The summed E-state index contributed by atoms with van der Waals surface area (Å²) in [6.07, 6.45) is 5.18. The van der Waals surface area contributed by atoms with E-state index < -0.39 is 0 Å². The van der Waals surface area contributed by atoms with Gasteiger partial charge in [0.2, 0.25) is 5.69 Å². The number of fused-ring (bicyclic) bond motifs is 1. The van der Waals surface area contributed by atoms with Crippen LogP contribution in [0.5, 0.6) is 0 Å². The standard InChI is InChI=1S/C22H21N4/c1-14-9-15(2)16(3)20(10-14)21-19-6-5-18(22-24-12-23-13-25-22)11-17(19)7-8-26(21)4/h5-13H,1-4H3/q+1. The Morgan fingerprint density at radius 2 is 1.65 bits per heavy atom. The van der Waals surface area contributed by atoms with Gasteiger partial charge in [-0.2, -0.15) is 0 Å². The molecule has 0 fully saturated rings. The molecule has 0 N–H and O–H groups in total. The first-order chi connectivity index (χ1) is 12.5. The number of hydrogen-bond donors (Lipinski definition) is 0. The molecule has 0 saturated carbocycles.